The van der Waals surface area contributed by atoms with Gasteiger partial charge in [0.15, 0.2) is 0 Å². The van der Waals surface area contributed by atoms with E-state index in [1.165, 1.54) is 24.3 Å². The molecule has 1 aliphatic heterocycles. The topological polar surface area (TPSA) is 75.6 Å². The van der Waals surface area contributed by atoms with Crippen molar-refractivity contribution >= 4 is 11.9 Å². The number of carbonyl (C=O) groups is 2. The maximum Gasteiger partial charge on any atom is 0.335 e. The van der Waals surface area contributed by atoms with Gasteiger partial charge in [-0.2, -0.15) is 0 Å². The Morgan fingerprint density at radius 3 is 2.47 bits per heavy atom. The van der Waals surface area contributed by atoms with Gasteiger partial charge < -0.3 is 15.2 Å². The van der Waals surface area contributed by atoms with Gasteiger partial charge in [0, 0.05) is 24.1 Å². The van der Waals surface area contributed by atoms with Crippen LogP contribution >= 0.6 is 0 Å². The molecular formula is C14H17NO4. The van der Waals surface area contributed by atoms with Crippen LogP contribution in [-0.4, -0.2) is 36.2 Å². The van der Waals surface area contributed by atoms with Crippen molar-refractivity contribution in [2.75, 3.05) is 13.2 Å². The maximum atomic E-state index is 12.0. The number of benzene rings is 1. The van der Waals surface area contributed by atoms with Crippen LogP contribution in [0.5, 0.6) is 0 Å². The van der Waals surface area contributed by atoms with E-state index in [-0.39, 0.29) is 17.5 Å². The summed E-state index contributed by atoms with van der Waals surface area (Å²) in [4.78, 5) is 22.7. The number of hydrogen-bond acceptors (Lipinski definition) is 3. The van der Waals surface area contributed by atoms with Gasteiger partial charge in [-0.25, -0.2) is 4.79 Å². The first-order valence-electron chi connectivity index (χ1n) is 6.30. The van der Waals surface area contributed by atoms with E-state index < -0.39 is 5.97 Å². The Hall–Kier alpha value is -1.88. The molecule has 1 amide bonds. The monoisotopic (exact) mass is 263 g/mol. The fourth-order valence-corrected chi connectivity index (χ4v) is 2.12. The van der Waals surface area contributed by atoms with Crippen LogP contribution in [0.15, 0.2) is 24.3 Å². The first kappa shape index (κ1) is 13.5. The molecule has 5 nitrogen and oxygen atoms in total. The molecule has 5 heteroatoms. The van der Waals surface area contributed by atoms with Crippen molar-refractivity contribution < 1.29 is 19.4 Å². The minimum atomic E-state index is -0.997. The molecule has 0 spiro atoms. The van der Waals surface area contributed by atoms with E-state index in [2.05, 4.69) is 5.32 Å². The smallest absolute Gasteiger partial charge is 0.335 e. The second-order valence-corrected chi connectivity index (χ2v) is 4.77. The quantitative estimate of drug-likeness (QED) is 0.864. The Balaban J connectivity index is 1.97. The summed E-state index contributed by atoms with van der Waals surface area (Å²) in [6.07, 6.45) is 0.958. The SMILES string of the molecule is C[C@@H](NC(=O)c1ccc(C(=O)O)cc1)[C@H]1CCOC1. The van der Waals surface area contributed by atoms with E-state index in [9.17, 15) is 9.59 Å². The Morgan fingerprint density at radius 1 is 1.32 bits per heavy atom. The second-order valence-electron chi connectivity index (χ2n) is 4.77. The maximum absolute atomic E-state index is 12.0. The highest BCUT2D eigenvalue weighted by Gasteiger charge is 2.23. The average molecular weight is 263 g/mol. The van der Waals surface area contributed by atoms with Crippen molar-refractivity contribution in [3.8, 4) is 0 Å². The Morgan fingerprint density at radius 2 is 1.95 bits per heavy atom. The van der Waals surface area contributed by atoms with Crippen LogP contribution in [0.1, 0.15) is 34.1 Å². The van der Waals surface area contributed by atoms with Crippen molar-refractivity contribution in [3.63, 3.8) is 0 Å². The molecular weight excluding hydrogens is 246 g/mol. The molecule has 0 saturated carbocycles. The zero-order chi connectivity index (χ0) is 13.8. The third-order valence-corrected chi connectivity index (χ3v) is 3.42. The number of hydrogen-bond donors (Lipinski definition) is 2. The first-order chi connectivity index (χ1) is 9.08. The summed E-state index contributed by atoms with van der Waals surface area (Å²) in [6, 6.07) is 5.96. The number of ether oxygens (including phenoxy) is 1. The van der Waals surface area contributed by atoms with Crippen molar-refractivity contribution in [1.82, 2.24) is 5.32 Å². The summed E-state index contributed by atoms with van der Waals surface area (Å²) in [5, 5.41) is 11.7. The highest BCUT2D eigenvalue weighted by atomic mass is 16.5. The lowest BCUT2D eigenvalue weighted by molar-refractivity contribution is 0.0696. The average Bonchev–Trinajstić information content (AvgIpc) is 2.92. The van der Waals surface area contributed by atoms with Crippen molar-refractivity contribution in [3.05, 3.63) is 35.4 Å². The van der Waals surface area contributed by atoms with E-state index in [0.29, 0.717) is 18.1 Å². The van der Waals surface area contributed by atoms with Crippen molar-refractivity contribution in [2.45, 2.75) is 19.4 Å². The summed E-state index contributed by atoms with van der Waals surface area (Å²) in [6.45, 7) is 3.39. The van der Waals surface area contributed by atoms with Crippen LogP contribution in [0.2, 0.25) is 0 Å². The molecule has 19 heavy (non-hydrogen) atoms. The number of carboxylic acid groups (broad SMARTS) is 1. The first-order valence-corrected chi connectivity index (χ1v) is 6.30. The van der Waals surface area contributed by atoms with Gasteiger partial charge in [0.25, 0.3) is 5.91 Å². The molecule has 2 atom stereocenters. The van der Waals surface area contributed by atoms with Crippen LogP contribution in [-0.2, 0) is 4.74 Å². The zero-order valence-electron chi connectivity index (χ0n) is 10.8. The molecule has 0 unspecified atom stereocenters. The van der Waals surface area contributed by atoms with E-state index in [1.54, 1.807) is 0 Å². The Kier molecular flexibility index (Phi) is 4.16. The van der Waals surface area contributed by atoms with Crippen LogP contribution < -0.4 is 5.32 Å². The van der Waals surface area contributed by atoms with Crippen LogP contribution in [0.25, 0.3) is 0 Å². The fraction of sp³-hybridized carbons (Fsp3) is 0.429. The van der Waals surface area contributed by atoms with Crippen LogP contribution in [0.4, 0.5) is 0 Å². The van der Waals surface area contributed by atoms with Gasteiger partial charge in [-0.3, -0.25) is 4.79 Å². The lowest BCUT2D eigenvalue weighted by Gasteiger charge is -2.19. The summed E-state index contributed by atoms with van der Waals surface area (Å²) in [7, 11) is 0. The molecule has 2 N–H and O–H groups in total. The molecule has 1 aromatic rings. The third kappa shape index (κ3) is 3.32. The van der Waals surface area contributed by atoms with Crippen LogP contribution in [0, 0.1) is 5.92 Å². The van der Waals surface area contributed by atoms with Gasteiger partial charge in [0.05, 0.1) is 12.2 Å². The molecule has 102 valence electrons. The van der Waals surface area contributed by atoms with Gasteiger partial charge in [-0.15, -0.1) is 0 Å². The number of amides is 1. The standard InChI is InChI=1S/C14H17NO4/c1-9(12-6-7-19-8-12)15-13(16)10-2-4-11(5-3-10)14(17)18/h2-5,9,12H,6-8H2,1H3,(H,15,16)(H,17,18)/t9-,12+/m1/s1. The third-order valence-electron chi connectivity index (χ3n) is 3.42. The number of nitrogens with one attached hydrogen (secondary N) is 1. The number of aromatic carboxylic acids is 1. The lowest BCUT2D eigenvalue weighted by Crippen LogP contribution is -2.38. The van der Waals surface area contributed by atoms with E-state index >= 15 is 0 Å². The lowest BCUT2D eigenvalue weighted by atomic mass is 10.0. The molecule has 1 aliphatic rings. The predicted octanol–water partition coefficient (Wildman–Crippen LogP) is 1.54. The van der Waals surface area contributed by atoms with E-state index in [0.717, 1.165) is 13.0 Å². The fourth-order valence-electron chi connectivity index (χ4n) is 2.12. The molecule has 0 bridgehead atoms. The summed E-state index contributed by atoms with van der Waals surface area (Å²) >= 11 is 0. The van der Waals surface area contributed by atoms with E-state index in [1.807, 2.05) is 6.92 Å². The normalized spacial score (nSPS) is 19.9. The Bertz CT molecular complexity index is 463. The highest BCUT2D eigenvalue weighted by Crippen LogP contribution is 2.16. The van der Waals surface area contributed by atoms with Crippen molar-refractivity contribution in [1.29, 1.82) is 0 Å². The minimum absolute atomic E-state index is 0.0501. The number of carboxylic acids is 1. The molecule has 1 saturated heterocycles. The van der Waals surface area contributed by atoms with Gasteiger partial charge in [-0.1, -0.05) is 0 Å². The zero-order valence-corrected chi connectivity index (χ0v) is 10.8. The minimum Gasteiger partial charge on any atom is -0.478 e. The van der Waals surface area contributed by atoms with Gasteiger partial charge in [0.2, 0.25) is 0 Å². The molecule has 1 fully saturated rings. The number of rotatable bonds is 4. The van der Waals surface area contributed by atoms with Crippen molar-refractivity contribution in [2.24, 2.45) is 5.92 Å². The Labute approximate surface area is 111 Å². The van der Waals surface area contributed by atoms with Gasteiger partial charge in [-0.05, 0) is 37.6 Å². The largest absolute Gasteiger partial charge is 0.478 e. The molecule has 0 aliphatic carbocycles. The van der Waals surface area contributed by atoms with Gasteiger partial charge in [0.1, 0.15) is 0 Å². The second kappa shape index (κ2) is 5.84. The predicted molar refractivity (Wildman–Crippen MR) is 69.3 cm³/mol. The highest BCUT2D eigenvalue weighted by molar-refractivity contribution is 5.96. The molecule has 0 aromatic heterocycles. The molecule has 1 heterocycles. The number of carbonyl (C=O) groups excluding carboxylic acids is 1. The summed E-state index contributed by atoms with van der Waals surface area (Å²) in [5.74, 6) is -0.831. The molecule has 1 aromatic carbocycles. The van der Waals surface area contributed by atoms with E-state index in [4.69, 9.17) is 9.84 Å². The molecule has 2 rings (SSSR count). The summed E-state index contributed by atoms with van der Waals surface area (Å²) in [5.41, 5.74) is 0.643. The molecule has 0 radical (unpaired) electrons. The summed E-state index contributed by atoms with van der Waals surface area (Å²) < 4.78 is 5.29. The van der Waals surface area contributed by atoms with Gasteiger partial charge >= 0.3 is 5.97 Å². The van der Waals surface area contributed by atoms with Crippen LogP contribution in [0.3, 0.4) is 0 Å².